The van der Waals surface area contributed by atoms with Crippen LogP contribution in [0.15, 0.2) is 16.8 Å². The summed E-state index contributed by atoms with van der Waals surface area (Å²) >= 11 is 1.74. The summed E-state index contributed by atoms with van der Waals surface area (Å²) < 4.78 is 5.39. The Hall–Kier alpha value is -0.910. The third-order valence-corrected chi connectivity index (χ3v) is 4.67. The molecule has 2 atom stereocenters. The lowest BCUT2D eigenvalue weighted by Gasteiger charge is -2.38. The summed E-state index contributed by atoms with van der Waals surface area (Å²) in [5.41, 5.74) is 1.37. The van der Waals surface area contributed by atoms with Gasteiger partial charge >= 0.3 is 0 Å². The number of piperazine rings is 1. The Balaban J connectivity index is 1.84. The van der Waals surface area contributed by atoms with Gasteiger partial charge in [-0.1, -0.05) is 0 Å². The quantitative estimate of drug-likeness (QED) is 0.836. The molecular formula is C15H24N2O2S. The maximum Gasteiger partial charge on any atom is 0.251 e. The summed E-state index contributed by atoms with van der Waals surface area (Å²) in [7, 11) is 0. The van der Waals surface area contributed by atoms with Gasteiger partial charge in [-0.2, -0.15) is 11.3 Å². The zero-order valence-electron chi connectivity index (χ0n) is 12.5. The van der Waals surface area contributed by atoms with Crippen molar-refractivity contribution in [2.45, 2.75) is 32.9 Å². The van der Waals surface area contributed by atoms with Crippen molar-refractivity contribution in [1.82, 2.24) is 9.80 Å². The Morgan fingerprint density at radius 2 is 2.05 bits per heavy atom. The molecule has 1 aromatic rings. The highest BCUT2D eigenvalue weighted by Crippen LogP contribution is 2.23. The van der Waals surface area contributed by atoms with Crippen molar-refractivity contribution in [3.8, 4) is 0 Å². The average molecular weight is 296 g/mol. The molecule has 4 nitrogen and oxygen atoms in total. The number of amides is 1. The molecular weight excluding hydrogens is 272 g/mol. The van der Waals surface area contributed by atoms with E-state index in [1.807, 2.05) is 18.7 Å². The van der Waals surface area contributed by atoms with Gasteiger partial charge < -0.3 is 9.64 Å². The van der Waals surface area contributed by atoms with Crippen LogP contribution >= 0.6 is 11.3 Å². The van der Waals surface area contributed by atoms with Crippen LogP contribution in [0.1, 0.15) is 32.4 Å². The molecule has 1 fully saturated rings. The molecule has 1 aliphatic heterocycles. The van der Waals surface area contributed by atoms with Crippen molar-refractivity contribution in [2.75, 3.05) is 32.8 Å². The largest absolute Gasteiger partial charge is 0.369 e. The van der Waals surface area contributed by atoms with Crippen LogP contribution in [0, 0.1) is 0 Å². The molecule has 0 aliphatic carbocycles. The van der Waals surface area contributed by atoms with Gasteiger partial charge in [0.25, 0.3) is 5.91 Å². The van der Waals surface area contributed by atoms with Crippen molar-refractivity contribution in [3.05, 3.63) is 22.4 Å². The Morgan fingerprint density at radius 1 is 1.35 bits per heavy atom. The van der Waals surface area contributed by atoms with Gasteiger partial charge in [-0.05, 0) is 43.2 Å². The molecule has 1 aromatic heterocycles. The zero-order valence-corrected chi connectivity index (χ0v) is 13.4. The lowest BCUT2D eigenvalue weighted by Crippen LogP contribution is -2.51. The molecule has 5 heteroatoms. The lowest BCUT2D eigenvalue weighted by atomic mass is 10.1. The number of ether oxygens (including phenoxy) is 1. The summed E-state index contributed by atoms with van der Waals surface area (Å²) in [4.78, 5) is 16.5. The van der Waals surface area contributed by atoms with E-state index in [0.717, 1.165) is 26.2 Å². The number of hydrogen-bond donors (Lipinski definition) is 0. The molecule has 1 aliphatic rings. The first-order valence-electron chi connectivity index (χ1n) is 7.30. The van der Waals surface area contributed by atoms with E-state index in [2.05, 4.69) is 28.7 Å². The number of carbonyl (C=O) groups excluding carboxylic acids is 1. The van der Waals surface area contributed by atoms with Gasteiger partial charge in [0.15, 0.2) is 0 Å². The number of thiophene rings is 1. The predicted molar refractivity (Wildman–Crippen MR) is 82.0 cm³/mol. The molecule has 2 rings (SSSR count). The molecule has 2 heterocycles. The van der Waals surface area contributed by atoms with E-state index in [1.54, 1.807) is 11.3 Å². The highest BCUT2D eigenvalue weighted by Gasteiger charge is 2.27. The van der Waals surface area contributed by atoms with E-state index in [0.29, 0.717) is 12.6 Å². The van der Waals surface area contributed by atoms with Gasteiger partial charge in [0.05, 0.1) is 0 Å². The Bertz CT molecular complexity index is 414. The van der Waals surface area contributed by atoms with Crippen LogP contribution in [0.4, 0.5) is 0 Å². The minimum atomic E-state index is -0.319. The van der Waals surface area contributed by atoms with Gasteiger partial charge in [0, 0.05) is 38.8 Å². The van der Waals surface area contributed by atoms with Crippen LogP contribution in [-0.4, -0.2) is 54.6 Å². The number of rotatable bonds is 5. The van der Waals surface area contributed by atoms with Crippen molar-refractivity contribution in [1.29, 1.82) is 0 Å². The minimum Gasteiger partial charge on any atom is -0.369 e. The van der Waals surface area contributed by atoms with Gasteiger partial charge in [-0.3, -0.25) is 9.69 Å². The summed E-state index contributed by atoms with van der Waals surface area (Å²) in [5, 5.41) is 4.33. The first kappa shape index (κ1) is 15.5. The first-order chi connectivity index (χ1) is 9.63. The van der Waals surface area contributed by atoms with Crippen LogP contribution in [0.25, 0.3) is 0 Å². The van der Waals surface area contributed by atoms with Crippen molar-refractivity contribution < 1.29 is 9.53 Å². The summed E-state index contributed by atoms with van der Waals surface area (Å²) in [6, 6.07) is 2.62. The van der Waals surface area contributed by atoms with Gasteiger partial charge in [-0.25, -0.2) is 0 Å². The second kappa shape index (κ2) is 7.20. The number of hydrogen-bond acceptors (Lipinski definition) is 4. The van der Waals surface area contributed by atoms with E-state index in [9.17, 15) is 4.79 Å². The van der Waals surface area contributed by atoms with E-state index in [1.165, 1.54) is 5.56 Å². The fourth-order valence-corrected chi connectivity index (χ4v) is 3.38. The molecule has 20 heavy (non-hydrogen) atoms. The monoisotopic (exact) mass is 296 g/mol. The third kappa shape index (κ3) is 3.59. The summed E-state index contributed by atoms with van der Waals surface area (Å²) in [5.74, 6) is 0.120. The lowest BCUT2D eigenvalue weighted by molar-refractivity contribution is -0.144. The zero-order chi connectivity index (χ0) is 14.5. The molecule has 0 aromatic carbocycles. The molecule has 1 amide bonds. The van der Waals surface area contributed by atoms with Crippen LogP contribution in [0.2, 0.25) is 0 Å². The Kier molecular flexibility index (Phi) is 5.57. The van der Waals surface area contributed by atoms with Crippen LogP contribution < -0.4 is 0 Å². The van der Waals surface area contributed by atoms with Crippen LogP contribution in [-0.2, 0) is 9.53 Å². The molecule has 0 radical (unpaired) electrons. The number of nitrogens with zero attached hydrogens (tertiary/aromatic N) is 2. The van der Waals surface area contributed by atoms with E-state index in [-0.39, 0.29) is 12.0 Å². The van der Waals surface area contributed by atoms with Crippen molar-refractivity contribution >= 4 is 17.2 Å². The smallest absolute Gasteiger partial charge is 0.251 e. The maximum atomic E-state index is 12.2. The minimum absolute atomic E-state index is 0.120. The van der Waals surface area contributed by atoms with Crippen LogP contribution in [0.3, 0.4) is 0 Å². The highest BCUT2D eigenvalue weighted by atomic mass is 32.1. The molecule has 0 saturated carbocycles. The standard InChI is InChI=1S/C15H24N2O2S/c1-4-19-13(3)15(18)17-8-6-16(7-9-17)12(2)14-5-10-20-11-14/h5,10-13H,4,6-9H2,1-3H3/t12-,13+/m0/s1. The maximum absolute atomic E-state index is 12.2. The van der Waals surface area contributed by atoms with Crippen LogP contribution in [0.5, 0.6) is 0 Å². The van der Waals surface area contributed by atoms with E-state index >= 15 is 0 Å². The normalized spacial score (nSPS) is 19.9. The predicted octanol–water partition coefficient (Wildman–Crippen LogP) is 2.38. The second-order valence-corrected chi connectivity index (χ2v) is 5.97. The van der Waals surface area contributed by atoms with Gasteiger partial charge in [0.2, 0.25) is 0 Å². The topological polar surface area (TPSA) is 32.8 Å². The molecule has 112 valence electrons. The molecule has 0 N–H and O–H groups in total. The van der Waals surface area contributed by atoms with E-state index < -0.39 is 0 Å². The van der Waals surface area contributed by atoms with Crippen molar-refractivity contribution in [3.63, 3.8) is 0 Å². The molecule has 0 spiro atoms. The number of carbonyl (C=O) groups is 1. The fraction of sp³-hybridized carbons (Fsp3) is 0.667. The van der Waals surface area contributed by atoms with Crippen molar-refractivity contribution in [2.24, 2.45) is 0 Å². The van der Waals surface area contributed by atoms with Gasteiger partial charge in [-0.15, -0.1) is 0 Å². The summed E-state index contributed by atoms with van der Waals surface area (Å²) in [6.45, 7) is 10.0. The van der Waals surface area contributed by atoms with E-state index in [4.69, 9.17) is 4.74 Å². The summed E-state index contributed by atoms with van der Waals surface area (Å²) in [6.07, 6.45) is -0.319. The van der Waals surface area contributed by atoms with Gasteiger partial charge in [0.1, 0.15) is 6.10 Å². The molecule has 0 bridgehead atoms. The first-order valence-corrected chi connectivity index (χ1v) is 8.24. The molecule has 0 unspecified atom stereocenters. The third-order valence-electron chi connectivity index (χ3n) is 3.96. The SMILES string of the molecule is CCO[C@H](C)C(=O)N1CCN([C@@H](C)c2ccsc2)CC1. The average Bonchev–Trinajstić information content (AvgIpc) is 3.00. The Labute approximate surface area is 125 Å². The molecule has 1 saturated heterocycles. The Morgan fingerprint density at radius 3 is 2.60 bits per heavy atom. The fourth-order valence-electron chi connectivity index (χ4n) is 2.63. The second-order valence-electron chi connectivity index (χ2n) is 5.19. The highest BCUT2D eigenvalue weighted by molar-refractivity contribution is 7.07.